The number of nitrogens with one attached hydrogen (secondary N) is 1. The summed E-state index contributed by atoms with van der Waals surface area (Å²) in [6.45, 7) is 7.45. The molecule has 1 aliphatic heterocycles. The number of carbonyl (C=O) groups is 1. The van der Waals surface area contributed by atoms with Crippen molar-refractivity contribution in [3.8, 4) is 5.75 Å². The Kier molecular flexibility index (Phi) is 10.6. The number of hydrogen-bond donors (Lipinski definition) is 1. The first kappa shape index (κ1) is 24.5. The van der Waals surface area contributed by atoms with E-state index < -0.39 is 0 Å². The maximum absolute atomic E-state index is 11.7. The van der Waals surface area contributed by atoms with Crippen LogP contribution in [0.15, 0.2) is 29.3 Å². The maximum atomic E-state index is 11.7. The Bertz CT molecular complexity index is 649. The second-order valence-corrected chi connectivity index (χ2v) is 7.86. The highest BCUT2D eigenvalue weighted by Crippen LogP contribution is 2.23. The predicted molar refractivity (Wildman–Crippen MR) is 125 cm³/mol. The molecule has 0 spiro atoms. The van der Waals surface area contributed by atoms with Crippen molar-refractivity contribution < 1.29 is 9.53 Å². The Morgan fingerprint density at radius 1 is 1.39 bits per heavy atom. The normalized spacial score (nSPS) is 16.7. The van der Waals surface area contributed by atoms with Gasteiger partial charge in [0.1, 0.15) is 5.75 Å². The number of likely N-dealkylation sites (tertiary alicyclic amines) is 1. The third kappa shape index (κ3) is 7.85. The van der Waals surface area contributed by atoms with Gasteiger partial charge in [-0.15, -0.1) is 24.0 Å². The minimum atomic E-state index is -0.0519. The summed E-state index contributed by atoms with van der Waals surface area (Å²) < 4.78 is 5.59. The molecule has 158 valence electrons. The second-order valence-electron chi connectivity index (χ2n) is 7.86. The van der Waals surface area contributed by atoms with Crippen LogP contribution in [0.1, 0.15) is 32.3 Å². The molecule has 1 aliphatic rings. The number of carbonyl (C=O) groups excluding carboxylic acids is 1. The van der Waals surface area contributed by atoms with Crippen LogP contribution in [0.5, 0.6) is 5.75 Å². The summed E-state index contributed by atoms with van der Waals surface area (Å²) in [7, 11) is 5.29. The minimum Gasteiger partial charge on any atom is -0.484 e. The van der Waals surface area contributed by atoms with Crippen LogP contribution in [-0.4, -0.2) is 62.5 Å². The van der Waals surface area contributed by atoms with Gasteiger partial charge in [-0.2, -0.15) is 0 Å². The molecular formula is C21H35IN4O2. The number of benzene rings is 1. The van der Waals surface area contributed by atoms with E-state index in [4.69, 9.17) is 4.74 Å². The molecule has 1 fully saturated rings. The lowest BCUT2D eigenvalue weighted by Gasteiger charge is -2.22. The summed E-state index contributed by atoms with van der Waals surface area (Å²) in [4.78, 5) is 20.0. The van der Waals surface area contributed by atoms with E-state index in [1.165, 1.54) is 17.7 Å². The van der Waals surface area contributed by atoms with Crippen LogP contribution in [0.25, 0.3) is 0 Å². The summed E-state index contributed by atoms with van der Waals surface area (Å²) >= 11 is 0. The predicted octanol–water partition coefficient (Wildman–Crippen LogP) is 3.22. The van der Waals surface area contributed by atoms with Gasteiger partial charge in [0.25, 0.3) is 5.91 Å². The van der Waals surface area contributed by atoms with Gasteiger partial charge >= 0.3 is 0 Å². The van der Waals surface area contributed by atoms with E-state index in [0.29, 0.717) is 12.3 Å². The summed E-state index contributed by atoms with van der Waals surface area (Å²) in [6, 6.07) is 7.84. The summed E-state index contributed by atoms with van der Waals surface area (Å²) in [5.41, 5.74) is 1.10. The molecule has 7 heteroatoms. The van der Waals surface area contributed by atoms with Crippen molar-refractivity contribution in [2.75, 3.05) is 40.8 Å². The van der Waals surface area contributed by atoms with Crippen molar-refractivity contribution in [3.63, 3.8) is 0 Å². The standard InChI is InChI=1S/C21H34N4O2.HI/c1-16(2)11-18-9-10-25(14-18)21(22-3)23-13-17-7-6-8-19(12-17)27-15-20(26)24(4)5;/h6-8,12,16,18H,9-11,13-15H2,1-5H3,(H,22,23);1H. The van der Waals surface area contributed by atoms with Crippen molar-refractivity contribution in [3.05, 3.63) is 29.8 Å². The smallest absolute Gasteiger partial charge is 0.259 e. The quantitative estimate of drug-likeness (QED) is 0.354. The molecule has 1 aromatic rings. The van der Waals surface area contributed by atoms with Crippen LogP contribution in [0.4, 0.5) is 0 Å². The van der Waals surface area contributed by atoms with Gasteiger partial charge in [0.05, 0.1) is 0 Å². The first-order chi connectivity index (χ1) is 12.9. The van der Waals surface area contributed by atoms with E-state index in [1.54, 1.807) is 14.1 Å². The molecular weight excluding hydrogens is 467 g/mol. The van der Waals surface area contributed by atoms with Crippen molar-refractivity contribution in [1.29, 1.82) is 0 Å². The number of hydrogen-bond acceptors (Lipinski definition) is 3. The fourth-order valence-corrected chi connectivity index (χ4v) is 3.42. The summed E-state index contributed by atoms with van der Waals surface area (Å²) in [5.74, 6) is 3.11. The molecule has 2 rings (SSSR count). The molecule has 1 heterocycles. The Labute approximate surface area is 186 Å². The maximum Gasteiger partial charge on any atom is 0.259 e. The Morgan fingerprint density at radius 3 is 2.79 bits per heavy atom. The number of nitrogens with zero attached hydrogens (tertiary/aromatic N) is 3. The molecule has 1 saturated heterocycles. The lowest BCUT2D eigenvalue weighted by atomic mass is 9.97. The van der Waals surface area contributed by atoms with Crippen LogP contribution in [0.2, 0.25) is 0 Å². The van der Waals surface area contributed by atoms with Crippen molar-refractivity contribution in [2.24, 2.45) is 16.8 Å². The van der Waals surface area contributed by atoms with Crippen LogP contribution in [-0.2, 0) is 11.3 Å². The lowest BCUT2D eigenvalue weighted by molar-refractivity contribution is -0.130. The molecule has 0 saturated carbocycles. The summed E-state index contributed by atoms with van der Waals surface area (Å²) in [5, 5.41) is 3.46. The number of rotatable bonds is 7. The van der Waals surface area contributed by atoms with E-state index >= 15 is 0 Å². The Morgan fingerprint density at radius 2 is 2.14 bits per heavy atom. The van der Waals surface area contributed by atoms with Crippen molar-refractivity contribution >= 4 is 35.8 Å². The molecule has 28 heavy (non-hydrogen) atoms. The SMILES string of the molecule is CN=C(NCc1cccc(OCC(=O)N(C)C)c1)N1CCC(CC(C)C)C1.I. The third-order valence-electron chi connectivity index (χ3n) is 4.81. The lowest BCUT2D eigenvalue weighted by Crippen LogP contribution is -2.39. The van der Waals surface area contributed by atoms with Crippen LogP contribution in [0.3, 0.4) is 0 Å². The molecule has 0 aromatic heterocycles. The fraction of sp³-hybridized carbons (Fsp3) is 0.619. The van der Waals surface area contributed by atoms with Gasteiger partial charge in [0.15, 0.2) is 12.6 Å². The van der Waals surface area contributed by atoms with E-state index in [1.807, 2.05) is 31.3 Å². The zero-order valence-corrected chi connectivity index (χ0v) is 20.1. The number of likely N-dealkylation sites (N-methyl/N-ethyl adjacent to an activating group) is 1. The monoisotopic (exact) mass is 502 g/mol. The number of amides is 1. The van der Waals surface area contributed by atoms with Crippen molar-refractivity contribution in [1.82, 2.24) is 15.1 Å². The molecule has 1 aromatic carbocycles. The minimum absolute atomic E-state index is 0. The number of aliphatic imine (C=N–C) groups is 1. The summed E-state index contributed by atoms with van der Waals surface area (Å²) in [6.07, 6.45) is 2.51. The van der Waals surface area contributed by atoms with Crippen molar-refractivity contribution in [2.45, 2.75) is 33.2 Å². The number of ether oxygens (including phenoxy) is 1. The molecule has 0 bridgehead atoms. The highest BCUT2D eigenvalue weighted by Gasteiger charge is 2.25. The molecule has 6 nitrogen and oxygen atoms in total. The molecule has 1 N–H and O–H groups in total. The average molecular weight is 502 g/mol. The highest BCUT2D eigenvalue weighted by atomic mass is 127. The Balaban J connectivity index is 0.00000392. The number of halogens is 1. The van der Waals surface area contributed by atoms with Crippen LogP contribution in [0, 0.1) is 11.8 Å². The van der Waals surface area contributed by atoms with Crippen LogP contribution >= 0.6 is 24.0 Å². The van der Waals surface area contributed by atoms with Gasteiger partial charge in [0, 0.05) is 40.8 Å². The molecule has 1 amide bonds. The first-order valence-corrected chi connectivity index (χ1v) is 9.76. The average Bonchev–Trinajstić information content (AvgIpc) is 3.08. The zero-order valence-electron chi connectivity index (χ0n) is 17.8. The topological polar surface area (TPSA) is 57.2 Å². The third-order valence-corrected chi connectivity index (χ3v) is 4.81. The van der Waals surface area contributed by atoms with E-state index in [2.05, 4.69) is 29.1 Å². The Hall–Kier alpha value is -1.51. The van der Waals surface area contributed by atoms with Gasteiger partial charge in [-0.05, 0) is 42.4 Å². The fourth-order valence-electron chi connectivity index (χ4n) is 3.42. The van der Waals surface area contributed by atoms with E-state index in [-0.39, 0.29) is 36.5 Å². The van der Waals surface area contributed by atoms with Gasteiger partial charge in [-0.3, -0.25) is 9.79 Å². The first-order valence-electron chi connectivity index (χ1n) is 9.76. The van der Waals surface area contributed by atoms with Gasteiger partial charge < -0.3 is 19.9 Å². The largest absolute Gasteiger partial charge is 0.484 e. The van der Waals surface area contributed by atoms with E-state index in [0.717, 1.165) is 36.4 Å². The molecule has 0 radical (unpaired) electrons. The van der Waals surface area contributed by atoms with Gasteiger partial charge in [-0.25, -0.2) is 0 Å². The molecule has 1 atom stereocenters. The van der Waals surface area contributed by atoms with Gasteiger partial charge in [-0.1, -0.05) is 26.0 Å². The highest BCUT2D eigenvalue weighted by molar-refractivity contribution is 14.0. The molecule has 0 aliphatic carbocycles. The second kappa shape index (κ2) is 12.1. The molecule has 1 unspecified atom stereocenters. The van der Waals surface area contributed by atoms with Gasteiger partial charge in [0.2, 0.25) is 0 Å². The van der Waals surface area contributed by atoms with Crippen LogP contribution < -0.4 is 10.1 Å². The number of guanidine groups is 1. The zero-order chi connectivity index (χ0) is 19.8. The van der Waals surface area contributed by atoms with E-state index in [9.17, 15) is 4.79 Å².